The molecular weight excluding hydrogens is 216 g/mol. The van der Waals surface area contributed by atoms with Gasteiger partial charge < -0.3 is 9.90 Å². The predicted molar refractivity (Wildman–Crippen MR) is 53.0 cm³/mol. The lowest BCUT2D eigenvalue weighted by atomic mass is 10.0. The van der Waals surface area contributed by atoms with Crippen molar-refractivity contribution >= 4 is 6.29 Å². The molecule has 16 heavy (non-hydrogen) atoms. The van der Waals surface area contributed by atoms with Crippen LogP contribution in [0, 0.1) is 11.6 Å². The van der Waals surface area contributed by atoms with Gasteiger partial charge in [0, 0.05) is 30.8 Å². The number of hydrogen-bond donors (Lipinski definition) is 1. The zero-order valence-corrected chi connectivity index (χ0v) is 8.49. The summed E-state index contributed by atoms with van der Waals surface area (Å²) >= 11 is 0. The Balaban J connectivity index is 2.40. The number of rotatable bonds is 3. The Morgan fingerprint density at radius 3 is 2.25 bits per heavy atom. The highest BCUT2D eigenvalue weighted by molar-refractivity contribution is 5.62. The number of carbonyl (C=O) groups excluding carboxylic acids is 1. The first-order valence-corrected chi connectivity index (χ1v) is 5.00. The van der Waals surface area contributed by atoms with E-state index in [-0.39, 0.29) is 5.56 Å². The molecule has 1 aliphatic heterocycles. The Hall–Kier alpha value is -1.49. The lowest BCUT2D eigenvalue weighted by molar-refractivity contribution is -0.114. The van der Waals surface area contributed by atoms with Gasteiger partial charge in [-0.05, 0) is 6.42 Å². The number of benzene rings is 1. The van der Waals surface area contributed by atoms with Crippen molar-refractivity contribution < 1.29 is 18.7 Å². The van der Waals surface area contributed by atoms with E-state index < -0.39 is 23.4 Å². The summed E-state index contributed by atoms with van der Waals surface area (Å²) in [5.74, 6) is -2.25. The van der Waals surface area contributed by atoms with E-state index >= 15 is 0 Å². The molecule has 86 valence electrons. The van der Waals surface area contributed by atoms with Crippen LogP contribution in [0.25, 0.3) is 0 Å². The van der Waals surface area contributed by atoms with Gasteiger partial charge >= 0.3 is 0 Å². The quantitative estimate of drug-likeness (QED) is 0.797. The van der Waals surface area contributed by atoms with Crippen LogP contribution in [0.15, 0.2) is 12.1 Å². The van der Waals surface area contributed by atoms with E-state index in [9.17, 15) is 13.6 Å². The minimum Gasteiger partial charge on any atom is -0.508 e. The maximum absolute atomic E-state index is 13.5. The predicted octanol–water partition coefficient (Wildman–Crippen LogP) is 1.62. The molecule has 0 radical (unpaired) electrons. The van der Waals surface area contributed by atoms with Crippen LogP contribution >= 0.6 is 0 Å². The standard InChI is InChI=1S/C11H11F2NO2/c12-8-4-7(16)5-9(13)11(8)10(6-15)14-2-1-3-14/h4-6,10,16H,1-3H2. The van der Waals surface area contributed by atoms with E-state index in [4.69, 9.17) is 5.11 Å². The van der Waals surface area contributed by atoms with E-state index in [1.807, 2.05) is 0 Å². The third kappa shape index (κ3) is 1.78. The van der Waals surface area contributed by atoms with Gasteiger partial charge in [0.25, 0.3) is 0 Å². The molecule has 0 amide bonds. The Labute approximate surface area is 91.3 Å². The van der Waals surface area contributed by atoms with Crippen LogP contribution < -0.4 is 0 Å². The molecule has 0 saturated carbocycles. The Morgan fingerprint density at radius 1 is 1.31 bits per heavy atom. The van der Waals surface area contributed by atoms with E-state index in [1.165, 1.54) is 0 Å². The normalized spacial score (nSPS) is 17.9. The minimum atomic E-state index is -0.894. The van der Waals surface area contributed by atoms with Crippen LogP contribution in [-0.2, 0) is 4.79 Å². The van der Waals surface area contributed by atoms with Crippen molar-refractivity contribution in [3.63, 3.8) is 0 Å². The monoisotopic (exact) mass is 227 g/mol. The van der Waals surface area contributed by atoms with Crippen LogP contribution in [0.4, 0.5) is 8.78 Å². The second kappa shape index (κ2) is 4.17. The third-order valence-electron chi connectivity index (χ3n) is 2.77. The topological polar surface area (TPSA) is 40.5 Å². The van der Waals surface area contributed by atoms with Gasteiger partial charge in [0.05, 0.1) is 6.04 Å². The number of halogens is 2. The van der Waals surface area contributed by atoms with Crippen LogP contribution in [0.5, 0.6) is 5.75 Å². The number of aldehydes is 1. The molecule has 1 fully saturated rings. The van der Waals surface area contributed by atoms with E-state index in [0.29, 0.717) is 19.4 Å². The molecule has 1 aliphatic rings. The SMILES string of the molecule is O=CC(c1c(F)cc(O)cc1F)N1CCC1. The van der Waals surface area contributed by atoms with Crippen LogP contribution in [0.1, 0.15) is 18.0 Å². The molecule has 1 unspecified atom stereocenters. The van der Waals surface area contributed by atoms with Crippen molar-refractivity contribution in [3.05, 3.63) is 29.3 Å². The number of hydrogen-bond acceptors (Lipinski definition) is 3. The third-order valence-corrected chi connectivity index (χ3v) is 2.77. The molecule has 1 saturated heterocycles. The summed E-state index contributed by atoms with van der Waals surface area (Å²) in [6.07, 6.45) is 1.45. The molecule has 0 spiro atoms. The maximum atomic E-state index is 13.5. The van der Waals surface area contributed by atoms with Gasteiger partial charge in [0.1, 0.15) is 23.7 Å². The molecule has 1 heterocycles. The van der Waals surface area contributed by atoms with Gasteiger partial charge in [-0.15, -0.1) is 0 Å². The molecule has 3 nitrogen and oxygen atoms in total. The molecule has 2 rings (SSSR count). The first kappa shape index (κ1) is 11.0. The second-order valence-corrected chi connectivity index (χ2v) is 3.79. The molecular formula is C11H11F2NO2. The highest BCUT2D eigenvalue weighted by atomic mass is 19.1. The molecule has 5 heteroatoms. The average molecular weight is 227 g/mol. The fourth-order valence-corrected chi connectivity index (χ4v) is 1.81. The van der Waals surface area contributed by atoms with Crippen molar-refractivity contribution in [2.45, 2.75) is 12.5 Å². The Morgan fingerprint density at radius 2 is 1.88 bits per heavy atom. The zero-order chi connectivity index (χ0) is 11.7. The van der Waals surface area contributed by atoms with Crippen molar-refractivity contribution in [2.75, 3.05) is 13.1 Å². The van der Waals surface area contributed by atoms with E-state index in [2.05, 4.69) is 0 Å². The Kier molecular flexibility index (Phi) is 2.87. The fourth-order valence-electron chi connectivity index (χ4n) is 1.81. The molecule has 1 N–H and O–H groups in total. The summed E-state index contributed by atoms with van der Waals surface area (Å²) in [5, 5.41) is 9.00. The highest BCUT2D eigenvalue weighted by Crippen LogP contribution is 2.30. The number of nitrogens with zero attached hydrogens (tertiary/aromatic N) is 1. The summed E-state index contributed by atoms with van der Waals surface area (Å²) < 4.78 is 27.0. The summed E-state index contributed by atoms with van der Waals surface area (Å²) in [5.41, 5.74) is -0.285. The summed E-state index contributed by atoms with van der Waals surface area (Å²) in [7, 11) is 0. The van der Waals surface area contributed by atoms with Gasteiger partial charge in [-0.25, -0.2) is 8.78 Å². The van der Waals surface area contributed by atoms with Crippen molar-refractivity contribution in [1.29, 1.82) is 0 Å². The molecule has 0 bridgehead atoms. The molecule has 0 aliphatic carbocycles. The van der Waals surface area contributed by atoms with Gasteiger partial charge in [-0.3, -0.25) is 4.90 Å². The second-order valence-electron chi connectivity index (χ2n) is 3.79. The zero-order valence-electron chi connectivity index (χ0n) is 8.49. The number of likely N-dealkylation sites (tertiary alicyclic amines) is 1. The molecule has 0 aromatic heterocycles. The lowest BCUT2D eigenvalue weighted by Gasteiger charge is -2.35. The van der Waals surface area contributed by atoms with Gasteiger partial charge in [0.2, 0.25) is 0 Å². The molecule has 1 aromatic carbocycles. The smallest absolute Gasteiger partial charge is 0.141 e. The maximum Gasteiger partial charge on any atom is 0.141 e. The van der Waals surface area contributed by atoms with E-state index in [0.717, 1.165) is 18.6 Å². The highest BCUT2D eigenvalue weighted by Gasteiger charge is 2.29. The van der Waals surface area contributed by atoms with Gasteiger partial charge in [-0.2, -0.15) is 0 Å². The molecule has 1 atom stereocenters. The van der Waals surface area contributed by atoms with Crippen molar-refractivity contribution in [1.82, 2.24) is 4.90 Å². The number of phenolic OH excluding ortho intramolecular Hbond substituents is 1. The van der Waals surface area contributed by atoms with Gasteiger partial charge in [0.15, 0.2) is 0 Å². The average Bonchev–Trinajstić information content (AvgIpc) is 2.11. The molecule has 1 aromatic rings. The lowest BCUT2D eigenvalue weighted by Crippen LogP contribution is -2.41. The number of aromatic hydroxyl groups is 1. The van der Waals surface area contributed by atoms with Gasteiger partial charge in [-0.1, -0.05) is 0 Å². The first-order valence-electron chi connectivity index (χ1n) is 5.00. The summed E-state index contributed by atoms with van der Waals surface area (Å²) in [4.78, 5) is 12.6. The number of carbonyl (C=O) groups is 1. The fraction of sp³-hybridized carbons (Fsp3) is 0.364. The summed E-state index contributed by atoms with van der Waals surface area (Å²) in [6.45, 7) is 1.31. The van der Waals surface area contributed by atoms with Crippen LogP contribution in [0.2, 0.25) is 0 Å². The van der Waals surface area contributed by atoms with Crippen molar-refractivity contribution in [2.24, 2.45) is 0 Å². The Bertz CT molecular complexity index is 395. The summed E-state index contributed by atoms with van der Waals surface area (Å²) in [6, 6.07) is 0.734. The minimum absolute atomic E-state index is 0.285. The van der Waals surface area contributed by atoms with Crippen LogP contribution in [0.3, 0.4) is 0 Å². The number of phenols is 1. The van der Waals surface area contributed by atoms with Crippen molar-refractivity contribution in [3.8, 4) is 5.75 Å². The largest absolute Gasteiger partial charge is 0.508 e. The first-order chi connectivity index (χ1) is 7.63. The van der Waals surface area contributed by atoms with Crippen LogP contribution in [-0.4, -0.2) is 29.4 Å². The van der Waals surface area contributed by atoms with E-state index in [1.54, 1.807) is 4.90 Å².